The van der Waals surface area contributed by atoms with Crippen molar-refractivity contribution in [1.29, 1.82) is 0 Å². The Hall–Kier alpha value is -0.120. The fourth-order valence-corrected chi connectivity index (χ4v) is 1.88. The molecule has 0 unspecified atom stereocenters. The van der Waals surface area contributed by atoms with Gasteiger partial charge in [-0.25, -0.2) is 0 Å². The first-order chi connectivity index (χ1) is 5.91. The van der Waals surface area contributed by atoms with Crippen LogP contribution in [0.1, 0.15) is 25.7 Å². The van der Waals surface area contributed by atoms with Crippen LogP contribution < -0.4 is 5.32 Å². The molecule has 2 rings (SSSR count). The molecule has 2 fully saturated rings. The molecule has 0 aromatic rings. The highest BCUT2D eigenvalue weighted by Gasteiger charge is 2.36. The Bertz CT molecular complexity index is 133. The molecule has 2 heterocycles. The summed E-state index contributed by atoms with van der Waals surface area (Å²) < 4.78 is 11.2. The largest absolute Gasteiger partial charge is 0.347 e. The zero-order valence-electron chi connectivity index (χ0n) is 7.34. The fraction of sp³-hybridized carbons (Fsp3) is 0.889. The first-order valence-electron chi connectivity index (χ1n) is 4.76. The van der Waals surface area contributed by atoms with Crippen molar-refractivity contribution in [3.05, 3.63) is 6.61 Å². The second kappa shape index (κ2) is 3.73. The van der Waals surface area contributed by atoms with Crippen LogP contribution in [0.25, 0.3) is 0 Å². The number of hydrogen-bond donors (Lipinski definition) is 1. The molecule has 0 bridgehead atoms. The SMILES string of the molecule is [CH]1COC2(CCCNCCC2)O1. The second-order valence-electron chi connectivity index (χ2n) is 3.46. The van der Waals surface area contributed by atoms with Gasteiger partial charge in [0.2, 0.25) is 0 Å². The quantitative estimate of drug-likeness (QED) is 0.589. The van der Waals surface area contributed by atoms with Crippen molar-refractivity contribution in [2.75, 3.05) is 19.7 Å². The molecule has 1 radical (unpaired) electrons. The van der Waals surface area contributed by atoms with Gasteiger partial charge in [-0.3, -0.25) is 0 Å². The van der Waals surface area contributed by atoms with Gasteiger partial charge in [0.1, 0.15) is 6.61 Å². The molecule has 1 N–H and O–H groups in total. The minimum absolute atomic E-state index is 0.248. The summed E-state index contributed by atoms with van der Waals surface area (Å²) in [6.07, 6.45) is 4.34. The minimum Gasteiger partial charge on any atom is -0.347 e. The van der Waals surface area contributed by atoms with Crippen LogP contribution in [0.5, 0.6) is 0 Å². The Morgan fingerprint density at radius 2 is 1.92 bits per heavy atom. The van der Waals surface area contributed by atoms with Crippen LogP contribution in [0.2, 0.25) is 0 Å². The lowest BCUT2D eigenvalue weighted by atomic mass is 10.0. The van der Waals surface area contributed by atoms with E-state index < -0.39 is 0 Å². The molecule has 2 aliphatic heterocycles. The highest BCUT2D eigenvalue weighted by atomic mass is 16.7. The molecule has 0 saturated carbocycles. The normalized spacial score (nSPS) is 30.0. The Labute approximate surface area is 73.4 Å². The van der Waals surface area contributed by atoms with Gasteiger partial charge in [-0.2, -0.15) is 0 Å². The monoisotopic (exact) mass is 170 g/mol. The predicted octanol–water partition coefficient (Wildman–Crippen LogP) is 1.05. The van der Waals surface area contributed by atoms with E-state index in [-0.39, 0.29) is 5.79 Å². The third-order valence-corrected chi connectivity index (χ3v) is 2.53. The van der Waals surface area contributed by atoms with Gasteiger partial charge in [-0.15, -0.1) is 0 Å². The molecule has 0 atom stereocenters. The van der Waals surface area contributed by atoms with E-state index in [0.717, 1.165) is 38.8 Å². The van der Waals surface area contributed by atoms with Crippen molar-refractivity contribution in [3.8, 4) is 0 Å². The number of rotatable bonds is 0. The molecule has 2 aliphatic rings. The molecule has 12 heavy (non-hydrogen) atoms. The molecule has 69 valence electrons. The molecule has 2 saturated heterocycles. The van der Waals surface area contributed by atoms with Crippen LogP contribution in [0.15, 0.2) is 0 Å². The summed E-state index contributed by atoms with van der Waals surface area (Å²) in [6.45, 7) is 4.63. The molecular formula is C9H16NO2. The lowest BCUT2D eigenvalue weighted by Gasteiger charge is -2.29. The Morgan fingerprint density at radius 3 is 2.50 bits per heavy atom. The maximum Gasteiger partial charge on any atom is 0.169 e. The maximum absolute atomic E-state index is 5.61. The summed E-state index contributed by atoms with van der Waals surface area (Å²) >= 11 is 0. The average Bonchev–Trinajstić information content (AvgIpc) is 2.47. The van der Waals surface area contributed by atoms with Crippen LogP contribution in [0, 0.1) is 6.61 Å². The Morgan fingerprint density at radius 1 is 1.17 bits per heavy atom. The van der Waals surface area contributed by atoms with E-state index in [9.17, 15) is 0 Å². The molecule has 3 heteroatoms. The van der Waals surface area contributed by atoms with E-state index in [1.54, 1.807) is 6.61 Å². The molecule has 0 amide bonds. The van der Waals surface area contributed by atoms with Gasteiger partial charge < -0.3 is 14.8 Å². The Kier molecular flexibility index (Phi) is 2.63. The number of ether oxygens (including phenoxy) is 2. The predicted molar refractivity (Wildman–Crippen MR) is 45.4 cm³/mol. The molecule has 3 nitrogen and oxygen atoms in total. The Balaban J connectivity index is 1.92. The standard InChI is InChI=1S/C9H16NO2/c1-3-9(11-7-8-12-9)4-2-6-10-5-1/h7,10H,1-6,8H2. The summed E-state index contributed by atoms with van der Waals surface area (Å²) in [5.74, 6) is -0.248. The van der Waals surface area contributed by atoms with E-state index in [1.807, 2.05) is 0 Å². The molecule has 0 aromatic heterocycles. The van der Waals surface area contributed by atoms with Gasteiger partial charge in [-0.1, -0.05) is 0 Å². The van der Waals surface area contributed by atoms with Gasteiger partial charge in [0, 0.05) is 12.8 Å². The zero-order valence-corrected chi connectivity index (χ0v) is 7.34. The van der Waals surface area contributed by atoms with Crippen molar-refractivity contribution < 1.29 is 9.47 Å². The maximum atomic E-state index is 5.61. The van der Waals surface area contributed by atoms with Crippen molar-refractivity contribution in [2.24, 2.45) is 0 Å². The van der Waals surface area contributed by atoms with Crippen molar-refractivity contribution in [2.45, 2.75) is 31.5 Å². The third-order valence-electron chi connectivity index (χ3n) is 2.53. The van der Waals surface area contributed by atoms with E-state index in [1.165, 1.54) is 0 Å². The van der Waals surface area contributed by atoms with Gasteiger partial charge in [-0.05, 0) is 25.9 Å². The summed E-state index contributed by atoms with van der Waals surface area (Å²) in [6, 6.07) is 0. The summed E-state index contributed by atoms with van der Waals surface area (Å²) in [4.78, 5) is 0. The molecular weight excluding hydrogens is 154 g/mol. The van der Waals surface area contributed by atoms with Gasteiger partial charge in [0.25, 0.3) is 0 Å². The molecule has 1 spiro atoms. The van der Waals surface area contributed by atoms with Crippen LogP contribution in [0.4, 0.5) is 0 Å². The summed E-state index contributed by atoms with van der Waals surface area (Å²) in [5, 5.41) is 3.37. The van der Waals surface area contributed by atoms with Crippen LogP contribution >= 0.6 is 0 Å². The van der Waals surface area contributed by atoms with Gasteiger partial charge >= 0.3 is 0 Å². The molecule has 0 aromatic carbocycles. The summed E-state index contributed by atoms with van der Waals surface area (Å²) in [7, 11) is 0. The van der Waals surface area contributed by atoms with E-state index in [2.05, 4.69) is 5.32 Å². The highest BCUT2D eigenvalue weighted by Crippen LogP contribution is 2.31. The number of nitrogens with one attached hydrogen (secondary N) is 1. The fourth-order valence-electron chi connectivity index (χ4n) is 1.88. The van der Waals surface area contributed by atoms with Crippen molar-refractivity contribution in [3.63, 3.8) is 0 Å². The van der Waals surface area contributed by atoms with Gasteiger partial charge in [0.15, 0.2) is 5.79 Å². The first kappa shape index (κ1) is 8.48. The lowest BCUT2D eigenvalue weighted by Crippen LogP contribution is -2.34. The van der Waals surface area contributed by atoms with E-state index in [0.29, 0.717) is 6.61 Å². The van der Waals surface area contributed by atoms with E-state index >= 15 is 0 Å². The number of hydrogen-bond acceptors (Lipinski definition) is 3. The van der Waals surface area contributed by atoms with Crippen LogP contribution in [-0.4, -0.2) is 25.5 Å². The second-order valence-corrected chi connectivity index (χ2v) is 3.46. The average molecular weight is 170 g/mol. The van der Waals surface area contributed by atoms with Crippen molar-refractivity contribution in [1.82, 2.24) is 5.32 Å². The lowest BCUT2D eigenvalue weighted by molar-refractivity contribution is -0.162. The van der Waals surface area contributed by atoms with Crippen molar-refractivity contribution >= 4 is 0 Å². The van der Waals surface area contributed by atoms with Crippen LogP contribution in [-0.2, 0) is 9.47 Å². The first-order valence-corrected chi connectivity index (χ1v) is 4.76. The van der Waals surface area contributed by atoms with Gasteiger partial charge in [0.05, 0.1) is 6.61 Å². The zero-order chi connectivity index (χ0) is 8.28. The summed E-state index contributed by atoms with van der Waals surface area (Å²) in [5.41, 5.74) is 0. The minimum atomic E-state index is -0.248. The third kappa shape index (κ3) is 1.79. The van der Waals surface area contributed by atoms with E-state index in [4.69, 9.17) is 9.47 Å². The topological polar surface area (TPSA) is 30.5 Å². The highest BCUT2D eigenvalue weighted by molar-refractivity contribution is 4.80. The van der Waals surface area contributed by atoms with Crippen LogP contribution in [0.3, 0.4) is 0 Å². The molecule has 0 aliphatic carbocycles. The smallest absolute Gasteiger partial charge is 0.169 e.